The van der Waals surface area contributed by atoms with Crippen LogP contribution in [0.2, 0.25) is 0 Å². The second kappa shape index (κ2) is 4.17. The topological polar surface area (TPSA) is 64.9 Å². The van der Waals surface area contributed by atoms with Gasteiger partial charge in [-0.05, 0) is 43.2 Å². The van der Waals surface area contributed by atoms with E-state index >= 15 is 0 Å². The van der Waals surface area contributed by atoms with Crippen LogP contribution in [-0.2, 0) is 10.9 Å². The number of aromatic nitrogens is 2. The zero-order chi connectivity index (χ0) is 12.7. The Kier molecular flexibility index (Phi) is 3.12. The van der Waals surface area contributed by atoms with Crippen molar-refractivity contribution in [3.8, 4) is 0 Å². The fourth-order valence-electron chi connectivity index (χ4n) is 2.04. The fourth-order valence-corrected chi connectivity index (χ4v) is 2.12. The third kappa shape index (κ3) is 2.57. The van der Waals surface area contributed by atoms with Crippen LogP contribution in [0.4, 0.5) is 8.78 Å². The molecule has 0 atom stereocenters. The first-order valence-corrected chi connectivity index (χ1v) is 5.89. The number of alkyl halides is 3. The van der Waals surface area contributed by atoms with Crippen LogP contribution in [0.1, 0.15) is 44.3 Å². The summed E-state index contributed by atoms with van der Waals surface area (Å²) in [7, 11) is 0. The predicted molar refractivity (Wildman–Crippen MR) is 57.5 cm³/mol. The highest BCUT2D eigenvalue weighted by molar-refractivity contribution is 6.21. The fraction of sp³-hybridized carbons (Fsp3) is 0.800. The van der Waals surface area contributed by atoms with Crippen LogP contribution in [0, 0.1) is 5.92 Å². The molecule has 0 radical (unpaired) electrons. The van der Waals surface area contributed by atoms with E-state index in [0.717, 1.165) is 12.8 Å². The van der Waals surface area contributed by atoms with Crippen molar-refractivity contribution in [2.24, 2.45) is 11.7 Å². The summed E-state index contributed by atoms with van der Waals surface area (Å²) in [6, 6.07) is 0. The number of hydrogen-bond acceptors (Lipinski definition) is 4. The molecule has 17 heavy (non-hydrogen) atoms. The maximum atomic E-state index is 12.8. The first-order valence-electron chi connectivity index (χ1n) is 5.51. The van der Waals surface area contributed by atoms with Crippen LogP contribution in [0.3, 0.4) is 0 Å². The van der Waals surface area contributed by atoms with Gasteiger partial charge in [0.25, 0.3) is 0 Å². The van der Waals surface area contributed by atoms with Gasteiger partial charge in [-0.3, -0.25) is 0 Å². The molecule has 1 aliphatic carbocycles. The summed E-state index contributed by atoms with van der Waals surface area (Å²) in [6.45, 7) is 2.13. The lowest BCUT2D eigenvalue weighted by molar-refractivity contribution is 0.0550. The Labute approximate surface area is 103 Å². The Morgan fingerprint density at radius 3 is 2.53 bits per heavy atom. The standard InChI is InChI=1S/C10H14ClF2N3O/c1-6-2-4-9(14,5-3-6)7-15-8(17-16-7)10(11,12)13/h6H,2-5,14H2,1H3. The van der Waals surface area contributed by atoms with Crippen LogP contribution < -0.4 is 5.73 Å². The number of rotatable bonds is 2. The summed E-state index contributed by atoms with van der Waals surface area (Å²) in [4.78, 5) is 3.62. The van der Waals surface area contributed by atoms with Gasteiger partial charge in [0.2, 0.25) is 0 Å². The summed E-state index contributed by atoms with van der Waals surface area (Å²) in [5.41, 5.74) is 5.36. The Hall–Kier alpha value is -0.750. The quantitative estimate of drug-likeness (QED) is 0.835. The largest absolute Gasteiger partial charge is 0.400 e. The average Bonchev–Trinajstić information content (AvgIpc) is 2.72. The minimum Gasteiger partial charge on any atom is -0.331 e. The van der Waals surface area contributed by atoms with E-state index in [-0.39, 0.29) is 5.82 Å². The molecule has 1 aliphatic rings. The molecule has 0 bridgehead atoms. The Balaban J connectivity index is 2.20. The van der Waals surface area contributed by atoms with Crippen molar-refractivity contribution >= 4 is 11.6 Å². The zero-order valence-electron chi connectivity index (χ0n) is 9.42. The van der Waals surface area contributed by atoms with Gasteiger partial charge in [0, 0.05) is 0 Å². The van der Waals surface area contributed by atoms with Crippen molar-refractivity contribution in [3.05, 3.63) is 11.7 Å². The lowest BCUT2D eigenvalue weighted by Gasteiger charge is -2.33. The molecule has 96 valence electrons. The molecular weight excluding hydrogens is 252 g/mol. The third-order valence-corrected chi connectivity index (χ3v) is 3.44. The van der Waals surface area contributed by atoms with E-state index in [9.17, 15) is 8.78 Å². The molecule has 0 spiro atoms. The van der Waals surface area contributed by atoms with Gasteiger partial charge in [0.05, 0.1) is 5.54 Å². The first kappa shape index (κ1) is 12.7. The van der Waals surface area contributed by atoms with Crippen LogP contribution in [0.25, 0.3) is 0 Å². The van der Waals surface area contributed by atoms with Gasteiger partial charge in [-0.25, -0.2) is 0 Å². The Bertz CT molecular complexity index is 397. The minimum atomic E-state index is -3.64. The van der Waals surface area contributed by atoms with E-state index in [1.54, 1.807) is 0 Å². The van der Waals surface area contributed by atoms with Gasteiger partial charge in [-0.1, -0.05) is 12.1 Å². The van der Waals surface area contributed by atoms with Crippen LogP contribution in [-0.4, -0.2) is 10.1 Å². The van der Waals surface area contributed by atoms with Gasteiger partial charge in [0.1, 0.15) is 0 Å². The lowest BCUT2D eigenvalue weighted by atomic mass is 9.77. The van der Waals surface area contributed by atoms with Gasteiger partial charge >= 0.3 is 11.3 Å². The highest BCUT2D eigenvalue weighted by Crippen LogP contribution is 2.38. The van der Waals surface area contributed by atoms with E-state index in [2.05, 4.69) is 21.6 Å². The zero-order valence-corrected chi connectivity index (χ0v) is 10.2. The SMILES string of the molecule is CC1CCC(N)(c2noc(C(F)(F)Cl)n2)CC1. The summed E-state index contributed by atoms with van der Waals surface area (Å²) in [5, 5.41) is -0.108. The second-order valence-corrected chi connectivity index (χ2v) is 5.23. The molecule has 0 saturated heterocycles. The molecule has 2 rings (SSSR count). The molecule has 1 heterocycles. The van der Waals surface area contributed by atoms with Gasteiger partial charge in [0.15, 0.2) is 5.82 Å². The molecule has 0 amide bonds. The van der Waals surface area contributed by atoms with Crippen molar-refractivity contribution in [3.63, 3.8) is 0 Å². The molecule has 0 aromatic carbocycles. The van der Waals surface area contributed by atoms with Crippen molar-refractivity contribution in [1.29, 1.82) is 0 Å². The molecule has 1 fully saturated rings. The highest BCUT2D eigenvalue weighted by Gasteiger charge is 2.41. The number of nitrogens with two attached hydrogens (primary N) is 1. The Morgan fingerprint density at radius 2 is 2.06 bits per heavy atom. The van der Waals surface area contributed by atoms with Gasteiger partial charge in [-0.2, -0.15) is 13.8 Å². The molecule has 1 aromatic rings. The highest BCUT2D eigenvalue weighted by atomic mass is 35.5. The van der Waals surface area contributed by atoms with Crippen LogP contribution in [0.5, 0.6) is 0 Å². The van der Waals surface area contributed by atoms with Gasteiger partial charge in [-0.15, -0.1) is 0 Å². The minimum absolute atomic E-state index is 0.125. The molecule has 1 aromatic heterocycles. The monoisotopic (exact) mass is 265 g/mol. The van der Waals surface area contributed by atoms with E-state index in [0.29, 0.717) is 18.8 Å². The molecule has 1 saturated carbocycles. The maximum Gasteiger partial charge on any atom is 0.400 e. The van der Waals surface area contributed by atoms with Crippen molar-refractivity contribution in [2.45, 2.75) is 43.5 Å². The average molecular weight is 266 g/mol. The molecule has 2 N–H and O–H groups in total. The molecule has 7 heteroatoms. The van der Waals surface area contributed by atoms with Crippen molar-refractivity contribution in [2.75, 3.05) is 0 Å². The summed E-state index contributed by atoms with van der Waals surface area (Å²) >= 11 is 4.81. The Morgan fingerprint density at radius 1 is 1.47 bits per heavy atom. The number of hydrogen-bond donors (Lipinski definition) is 1. The van der Waals surface area contributed by atoms with Gasteiger partial charge < -0.3 is 10.3 Å². The third-order valence-electron chi connectivity index (χ3n) is 3.28. The van der Waals surface area contributed by atoms with E-state index in [1.165, 1.54) is 0 Å². The predicted octanol–water partition coefficient (Wildman–Crippen LogP) is 2.72. The second-order valence-electron chi connectivity index (χ2n) is 4.76. The van der Waals surface area contributed by atoms with Crippen molar-refractivity contribution in [1.82, 2.24) is 10.1 Å². The summed E-state index contributed by atoms with van der Waals surface area (Å²) in [6.07, 6.45) is 3.19. The normalized spacial score (nSPS) is 30.5. The van der Waals surface area contributed by atoms with Crippen LogP contribution >= 0.6 is 11.6 Å². The smallest absolute Gasteiger partial charge is 0.331 e. The molecular formula is C10H14ClF2N3O. The van der Waals surface area contributed by atoms with E-state index in [4.69, 9.17) is 17.3 Å². The van der Waals surface area contributed by atoms with E-state index in [1.807, 2.05) is 0 Å². The summed E-state index contributed by atoms with van der Waals surface area (Å²) in [5.74, 6) is -0.176. The van der Waals surface area contributed by atoms with E-state index < -0.39 is 16.8 Å². The first-order chi connectivity index (χ1) is 7.81. The number of halogens is 3. The molecule has 0 aliphatic heterocycles. The van der Waals surface area contributed by atoms with Crippen LogP contribution in [0.15, 0.2) is 4.52 Å². The lowest BCUT2D eigenvalue weighted by Crippen LogP contribution is -2.41. The molecule has 4 nitrogen and oxygen atoms in total. The maximum absolute atomic E-state index is 12.8. The number of nitrogens with zero attached hydrogens (tertiary/aromatic N) is 2. The summed E-state index contributed by atoms with van der Waals surface area (Å²) < 4.78 is 30.0. The van der Waals surface area contributed by atoms with Crippen molar-refractivity contribution < 1.29 is 13.3 Å². The molecule has 0 unspecified atom stereocenters.